The van der Waals surface area contributed by atoms with Crippen molar-refractivity contribution in [3.63, 3.8) is 0 Å². The van der Waals surface area contributed by atoms with Gasteiger partial charge in [-0.2, -0.15) is 22.6 Å². The summed E-state index contributed by atoms with van der Waals surface area (Å²) in [6.45, 7) is 0.918. The number of rotatable bonds is 5. The summed E-state index contributed by atoms with van der Waals surface area (Å²) in [5.74, 6) is -0.466. The topological polar surface area (TPSA) is 120 Å². The highest BCUT2D eigenvalue weighted by Crippen LogP contribution is 2.38. The van der Waals surface area contributed by atoms with E-state index in [0.717, 1.165) is 8.99 Å². The second kappa shape index (κ2) is 9.00. The molecule has 10 nitrogen and oxygen atoms in total. The molecule has 0 spiro atoms. The summed E-state index contributed by atoms with van der Waals surface area (Å²) in [5, 5.41) is 6.68. The molecule has 2 aliphatic rings. The zero-order chi connectivity index (χ0) is 24.7. The first-order chi connectivity index (χ1) is 16.0. The normalized spacial score (nSPS) is 19.3. The standard InChI is InChI=1S/C20H23F3N6O4S/c1-2-29-19(31)25-16(26-29)11-13-17-14(24-18(13)30)5-3-6-15(17)34(32,33)28-8-4-7-27(9-10-28)12-20(21,22)23/h3,5-6,11H,2,4,7-10,12H2,1H3,(H,24,30)(H,25,26,31)/b13-11-. The molecule has 0 unspecified atom stereocenters. The van der Waals surface area contributed by atoms with Crippen molar-refractivity contribution in [1.82, 2.24) is 24.0 Å². The predicted molar refractivity (Wildman–Crippen MR) is 117 cm³/mol. The Labute approximate surface area is 193 Å². The van der Waals surface area contributed by atoms with Crippen LogP contribution in [0.4, 0.5) is 18.9 Å². The summed E-state index contributed by atoms with van der Waals surface area (Å²) in [5.41, 5.74) is -0.0412. The maximum Gasteiger partial charge on any atom is 0.401 e. The lowest BCUT2D eigenvalue weighted by Gasteiger charge is -2.23. The average Bonchev–Trinajstić information content (AvgIpc) is 3.16. The van der Waals surface area contributed by atoms with Crippen LogP contribution in [0.25, 0.3) is 11.6 Å². The minimum absolute atomic E-state index is 0.0136. The maximum atomic E-state index is 13.5. The molecule has 0 aliphatic carbocycles. The van der Waals surface area contributed by atoms with E-state index in [0.29, 0.717) is 6.54 Å². The maximum absolute atomic E-state index is 13.5. The van der Waals surface area contributed by atoms with Crippen LogP contribution < -0.4 is 11.0 Å². The van der Waals surface area contributed by atoms with Crippen molar-refractivity contribution in [1.29, 1.82) is 0 Å². The van der Waals surface area contributed by atoms with Gasteiger partial charge in [-0.1, -0.05) is 6.07 Å². The van der Waals surface area contributed by atoms with E-state index in [1.54, 1.807) is 13.0 Å². The Balaban J connectivity index is 1.69. The number of fused-ring (bicyclic) bond motifs is 1. The predicted octanol–water partition coefficient (Wildman–Crippen LogP) is 1.34. The Morgan fingerprint density at radius 3 is 2.59 bits per heavy atom. The molecule has 1 saturated heterocycles. The fraction of sp³-hybridized carbons (Fsp3) is 0.450. The van der Waals surface area contributed by atoms with Gasteiger partial charge in [0.2, 0.25) is 10.0 Å². The smallest absolute Gasteiger partial charge is 0.321 e. The summed E-state index contributed by atoms with van der Waals surface area (Å²) in [7, 11) is -4.14. The van der Waals surface area contributed by atoms with Crippen molar-refractivity contribution in [3.05, 3.63) is 40.1 Å². The number of amides is 1. The molecule has 1 aromatic heterocycles. The van der Waals surface area contributed by atoms with E-state index < -0.39 is 34.3 Å². The monoisotopic (exact) mass is 500 g/mol. The molecule has 4 rings (SSSR count). The lowest BCUT2D eigenvalue weighted by molar-refractivity contribution is -0.145. The van der Waals surface area contributed by atoms with Gasteiger partial charge in [0.1, 0.15) is 0 Å². The third-order valence-corrected chi connectivity index (χ3v) is 7.58. The summed E-state index contributed by atoms with van der Waals surface area (Å²) in [6.07, 6.45) is -2.83. The minimum Gasteiger partial charge on any atom is -0.321 e. The van der Waals surface area contributed by atoms with Crippen LogP contribution in [0.1, 0.15) is 24.7 Å². The van der Waals surface area contributed by atoms with Gasteiger partial charge in [-0.05, 0) is 38.1 Å². The van der Waals surface area contributed by atoms with Gasteiger partial charge in [0.25, 0.3) is 5.91 Å². The molecule has 0 atom stereocenters. The number of H-pyrrole nitrogens is 1. The number of carbonyl (C=O) groups excluding carboxylic acids is 1. The van der Waals surface area contributed by atoms with Crippen molar-refractivity contribution in [2.45, 2.75) is 31.0 Å². The largest absolute Gasteiger partial charge is 0.401 e. The van der Waals surface area contributed by atoms with Crippen LogP contribution in [0, 0.1) is 0 Å². The molecule has 14 heteroatoms. The van der Waals surface area contributed by atoms with Crippen LogP contribution in [0.5, 0.6) is 0 Å². The molecule has 184 valence electrons. The number of halogens is 3. The Kier molecular flexibility index (Phi) is 6.40. The van der Waals surface area contributed by atoms with E-state index in [-0.39, 0.29) is 60.1 Å². The quantitative estimate of drug-likeness (QED) is 0.598. The Morgan fingerprint density at radius 2 is 1.91 bits per heavy atom. The van der Waals surface area contributed by atoms with Gasteiger partial charge < -0.3 is 5.32 Å². The number of aromatic amines is 1. The summed E-state index contributed by atoms with van der Waals surface area (Å²) >= 11 is 0. The van der Waals surface area contributed by atoms with E-state index >= 15 is 0 Å². The molecule has 2 aromatic rings. The fourth-order valence-electron chi connectivity index (χ4n) is 4.10. The molecule has 3 heterocycles. The van der Waals surface area contributed by atoms with E-state index in [1.807, 2.05) is 0 Å². The number of benzene rings is 1. The molecule has 2 aliphatic heterocycles. The number of sulfonamides is 1. The van der Waals surface area contributed by atoms with Crippen molar-refractivity contribution in [2.24, 2.45) is 0 Å². The molecule has 1 amide bonds. The van der Waals surface area contributed by atoms with Crippen LogP contribution in [0.2, 0.25) is 0 Å². The Morgan fingerprint density at radius 1 is 1.15 bits per heavy atom. The first-order valence-electron chi connectivity index (χ1n) is 10.6. The zero-order valence-electron chi connectivity index (χ0n) is 18.2. The van der Waals surface area contributed by atoms with Gasteiger partial charge in [-0.3, -0.25) is 14.7 Å². The first-order valence-corrected chi connectivity index (χ1v) is 12.1. The van der Waals surface area contributed by atoms with E-state index in [4.69, 9.17) is 0 Å². The van der Waals surface area contributed by atoms with Gasteiger partial charge >= 0.3 is 11.9 Å². The molecule has 34 heavy (non-hydrogen) atoms. The van der Waals surface area contributed by atoms with Gasteiger partial charge in [-0.25, -0.2) is 17.9 Å². The highest BCUT2D eigenvalue weighted by atomic mass is 32.2. The highest BCUT2D eigenvalue weighted by molar-refractivity contribution is 7.89. The van der Waals surface area contributed by atoms with Crippen LogP contribution in [-0.2, 0) is 21.4 Å². The number of anilines is 1. The summed E-state index contributed by atoms with van der Waals surface area (Å²) in [6, 6.07) is 4.39. The molecule has 0 saturated carbocycles. The van der Waals surface area contributed by atoms with Crippen LogP contribution in [0.15, 0.2) is 27.9 Å². The van der Waals surface area contributed by atoms with Crippen molar-refractivity contribution >= 4 is 33.3 Å². The number of aromatic nitrogens is 3. The van der Waals surface area contributed by atoms with Crippen molar-refractivity contribution < 1.29 is 26.4 Å². The molecular weight excluding hydrogens is 477 g/mol. The number of aryl methyl sites for hydroxylation is 1. The fourth-order valence-corrected chi connectivity index (χ4v) is 5.80. The molecular formula is C20H23F3N6O4S. The third kappa shape index (κ3) is 4.79. The molecule has 0 radical (unpaired) electrons. The number of hydrogen-bond acceptors (Lipinski definition) is 6. The Bertz CT molecular complexity index is 1300. The van der Waals surface area contributed by atoms with Gasteiger partial charge in [-0.15, -0.1) is 0 Å². The second-order valence-corrected chi connectivity index (χ2v) is 9.88. The minimum atomic E-state index is -4.37. The number of alkyl halides is 3. The van der Waals surface area contributed by atoms with Crippen LogP contribution >= 0.6 is 0 Å². The van der Waals surface area contributed by atoms with Crippen LogP contribution in [0.3, 0.4) is 0 Å². The number of nitrogens with zero attached hydrogens (tertiary/aromatic N) is 4. The summed E-state index contributed by atoms with van der Waals surface area (Å²) in [4.78, 5) is 28.1. The highest BCUT2D eigenvalue weighted by Gasteiger charge is 2.37. The van der Waals surface area contributed by atoms with Gasteiger partial charge in [0.15, 0.2) is 5.82 Å². The van der Waals surface area contributed by atoms with E-state index in [1.165, 1.54) is 23.1 Å². The molecule has 2 N–H and O–H groups in total. The van der Waals surface area contributed by atoms with E-state index in [2.05, 4.69) is 15.4 Å². The second-order valence-electron chi connectivity index (χ2n) is 7.97. The number of carbonyl (C=O) groups is 1. The van der Waals surface area contributed by atoms with Crippen molar-refractivity contribution in [2.75, 3.05) is 38.0 Å². The third-order valence-electron chi connectivity index (χ3n) is 5.64. The molecule has 1 fully saturated rings. The van der Waals surface area contributed by atoms with E-state index in [9.17, 15) is 31.2 Å². The molecule has 0 bridgehead atoms. The lowest BCUT2D eigenvalue weighted by Crippen LogP contribution is -2.38. The van der Waals surface area contributed by atoms with Crippen molar-refractivity contribution in [3.8, 4) is 0 Å². The SMILES string of the molecule is CCn1nc(/C=C2\C(=O)Nc3cccc(S(=O)(=O)N4CCCN(CC(F)(F)F)CC4)c32)[nH]c1=O. The molecule has 1 aromatic carbocycles. The summed E-state index contributed by atoms with van der Waals surface area (Å²) < 4.78 is 67.7. The van der Waals surface area contributed by atoms with Crippen LogP contribution in [-0.4, -0.2) is 77.2 Å². The Hall–Kier alpha value is -2.97. The van der Waals surface area contributed by atoms with Gasteiger partial charge in [0, 0.05) is 31.7 Å². The van der Waals surface area contributed by atoms with Gasteiger partial charge in [0.05, 0.1) is 22.7 Å². The number of hydrogen-bond donors (Lipinski definition) is 2. The zero-order valence-corrected chi connectivity index (χ0v) is 19.0. The lowest BCUT2D eigenvalue weighted by atomic mass is 10.1. The number of nitrogens with one attached hydrogen (secondary N) is 2. The first kappa shape index (κ1) is 24.2. The average molecular weight is 501 g/mol.